The third-order valence-electron chi connectivity index (χ3n) is 4.14. The second-order valence-electron chi connectivity index (χ2n) is 6.85. The van der Waals surface area contributed by atoms with Crippen LogP contribution in [-0.4, -0.2) is 27.8 Å². The number of hydrazone groups is 1. The highest BCUT2D eigenvalue weighted by atomic mass is 16.6. The van der Waals surface area contributed by atoms with Crippen molar-refractivity contribution in [2.24, 2.45) is 15.8 Å². The minimum atomic E-state index is -0.712. The number of fused-ring (bicyclic) bond motifs is 1. The summed E-state index contributed by atoms with van der Waals surface area (Å²) in [4.78, 5) is 27.0. The molecular weight excluding hydrogens is 346 g/mol. The zero-order valence-electron chi connectivity index (χ0n) is 15.0. The Labute approximate surface area is 156 Å². The second-order valence-corrected chi connectivity index (χ2v) is 6.85. The minimum absolute atomic E-state index is 0.00794. The van der Waals surface area contributed by atoms with E-state index in [-0.39, 0.29) is 11.4 Å². The Morgan fingerprint density at radius 2 is 1.89 bits per heavy atom. The van der Waals surface area contributed by atoms with Gasteiger partial charge < -0.3 is 5.73 Å². The summed E-state index contributed by atoms with van der Waals surface area (Å²) in [5, 5.41) is 14.9. The maximum Gasteiger partial charge on any atom is 0.271 e. The normalized spacial score (nSPS) is 15.5. The Kier molecular flexibility index (Phi) is 4.72. The van der Waals surface area contributed by atoms with E-state index in [0.29, 0.717) is 11.4 Å². The van der Waals surface area contributed by atoms with Crippen molar-refractivity contribution in [3.05, 3.63) is 69.8 Å². The standard InChI is InChI=1S/C19H19N5O3/c1-19(2)11-12-5-3-4-6-15(12)16(21-19)17(18(20)25)23-22-13-7-9-14(10-8-13)24(26)27/h3-10,22H,11H2,1-2H3,(H2,20,25). The highest BCUT2D eigenvalue weighted by Crippen LogP contribution is 2.27. The molecule has 0 bridgehead atoms. The van der Waals surface area contributed by atoms with E-state index < -0.39 is 16.4 Å². The number of rotatable bonds is 5. The molecule has 0 spiro atoms. The van der Waals surface area contributed by atoms with Crippen molar-refractivity contribution < 1.29 is 9.72 Å². The third kappa shape index (κ3) is 4.00. The van der Waals surface area contributed by atoms with Gasteiger partial charge in [0.1, 0.15) is 0 Å². The summed E-state index contributed by atoms with van der Waals surface area (Å²) >= 11 is 0. The second kappa shape index (κ2) is 6.99. The van der Waals surface area contributed by atoms with Crippen molar-refractivity contribution in [2.75, 3.05) is 5.43 Å². The number of hydrogen-bond donors (Lipinski definition) is 2. The smallest absolute Gasteiger partial charge is 0.271 e. The topological polar surface area (TPSA) is 123 Å². The van der Waals surface area contributed by atoms with Crippen molar-refractivity contribution in [2.45, 2.75) is 25.8 Å². The van der Waals surface area contributed by atoms with Crippen LogP contribution in [0, 0.1) is 10.1 Å². The summed E-state index contributed by atoms with van der Waals surface area (Å²) in [6.07, 6.45) is 0.745. The molecule has 0 atom stereocenters. The van der Waals surface area contributed by atoms with E-state index in [1.165, 1.54) is 24.3 Å². The lowest BCUT2D eigenvalue weighted by Gasteiger charge is -2.28. The number of nitrogens with one attached hydrogen (secondary N) is 1. The SMILES string of the molecule is CC1(C)Cc2ccccc2C(C(=NNc2ccc([N+](=O)[O-])cc2)C(N)=O)=N1. The van der Waals surface area contributed by atoms with E-state index in [1.54, 1.807) is 0 Å². The first-order valence-corrected chi connectivity index (χ1v) is 8.33. The van der Waals surface area contributed by atoms with Gasteiger partial charge in [-0.25, -0.2) is 0 Å². The predicted octanol–water partition coefficient (Wildman–Crippen LogP) is 2.67. The molecule has 0 aliphatic carbocycles. The van der Waals surface area contributed by atoms with Gasteiger partial charge in [-0.05, 0) is 38.0 Å². The fraction of sp³-hybridized carbons (Fsp3) is 0.211. The van der Waals surface area contributed by atoms with Crippen molar-refractivity contribution in [1.29, 1.82) is 0 Å². The number of nitro groups is 1. The van der Waals surface area contributed by atoms with E-state index in [9.17, 15) is 14.9 Å². The molecule has 3 rings (SSSR count). The summed E-state index contributed by atoms with van der Waals surface area (Å²) in [6, 6.07) is 13.4. The first kappa shape index (κ1) is 18.2. The fourth-order valence-electron chi connectivity index (χ4n) is 2.96. The number of anilines is 1. The third-order valence-corrected chi connectivity index (χ3v) is 4.14. The van der Waals surface area contributed by atoms with Crippen molar-refractivity contribution in [3.63, 3.8) is 0 Å². The minimum Gasteiger partial charge on any atom is -0.364 e. The monoisotopic (exact) mass is 365 g/mol. The van der Waals surface area contributed by atoms with Gasteiger partial charge in [0.25, 0.3) is 11.6 Å². The number of carbonyl (C=O) groups is 1. The molecule has 3 N–H and O–H groups in total. The molecule has 2 aromatic carbocycles. The van der Waals surface area contributed by atoms with Crippen LogP contribution in [0.5, 0.6) is 0 Å². The number of hydrogen-bond acceptors (Lipinski definition) is 6. The van der Waals surface area contributed by atoms with Gasteiger partial charge in [-0.15, -0.1) is 0 Å². The number of non-ortho nitro benzene ring substituents is 1. The first-order chi connectivity index (χ1) is 12.8. The number of primary amides is 1. The van der Waals surface area contributed by atoms with Gasteiger partial charge in [0, 0.05) is 17.7 Å². The molecule has 138 valence electrons. The quantitative estimate of drug-likeness (QED) is 0.480. The Morgan fingerprint density at radius 3 is 2.52 bits per heavy atom. The summed E-state index contributed by atoms with van der Waals surface area (Å²) in [6.45, 7) is 3.95. The Hall–Kier alpha value is -3.55. The average Bonchev–Trinajstić information content (AvgIpc) is 2.61. The lowest BCUT2D eigenvalue weighted by atomic mass is 9.85. The molecule has 0 radical (unpaired) electrons. The van der Waals surface area contributed by atoms with Crippen LogP contribution in [0.15, 0.2) is 58.6 Å². The van der Waals surface area contributed by atoms with E-state index in [1.807, 2.05) is 38.1 Å². The van der Waals surface area contributed by atoms with Crippen LogP contribution in [0.2, 0.25) is 0 Å². The Morgan fingerprint density at radius 1 is 1.22 bits per heavy atom. The summed E-state index contributed by atoms with van der Waals surface area (Å²) in [5.74, 6) is -0.712. The number of nitrogens with two attached hydrogens (primary N) is 1. The zero-order chi connectivity index (χ0) is 19.6. The molecule has 2 aromatic rings. The van der Waals surface area contributed by atoms with Gasteiger partial charge in [-0.3, -0.25) is 25.3 Å². The van der Waals surface area contributed by atoms with E-state index in [2.05, 4.69) is 15.5 Å². The molecule has 1 heterocycles. The fourth-order valence-corrected chi connectivity index (χ4v) is 2.96. The number of nitrogens with zero attached hydrogens (tertiary/aromatic N) is 3. The number of nitro benzene ring substituents is 1. The molecule has 1 aliphatic heterocycles. The molecule has 8 heteroatoms. The number of carbonyl (C=O) groups excluding carboxylic acids is 1. The highest BCUT2D eigenvalue weighted by molar-refractivity contribution is 6.70. The first-order valence-electron chi connectivity index (χ1n) is 8.33. The van der Waals surface area contributed by atoms with Crippen LogP contribution in [-0.2, 0) is 11.2 Å². The number of amides is 1. The summed E-state index contributed by atoms with van der Waals surface area (Å²) in [7, 11) is 0. The van der Waals surface area contributed by atoms with Gasteiger partial charge in [0.15, 0.2) is 5.71 Å². The molecule has 1 amide bonds. The van der Waals surface area contributed by atoms with Crippen molar-refractivity contribution >= 4 is 28.7 Å². The number of aliphatic imine (C=N–C) groups is 1. The molecule has 1 aliphatic rings. The van der Waals surface area contributed by atoms with Gasteiger partial charge >= 0.3 is 0 Å². The molecular formula is C19H19N5O3. The van der Waals surface area contributed by atoms with Crippen LogP contribution in [0.3, 0.4) is 0 Å². The summed E-state index contributed by atoms with van der Waals surface area (Å²) in [5.41, 5.74) is 10.7. The van der Waals surface area contributed by atoms with Crippen LogP contribution in [0.1, 0.15) is 25.0 Å². The van der Waals surface area contributed by atoms with Crippen LogP contribution in [0.25, 0.3) is 0 Å². The van der Waals surface area contributed by atoms with Crippen molar-refractivity contribution in [1.82, 2.24) is 0 Å². The van der Waals surface area contributed by atoms with Gasteiger partial charge in [-0.1, -0.05) is 24.3 Å². The van der Waals surface area contributed by atoms with E-state index >= 15 is 0 Å². The van der Waals surface area contributed by atoms with Crippen LogP contribution < -0.4 is 11.2 Å². The lowest BCUT2D eigenvalue weighted by Crippen LogP contribution is -2.38. The summed E-state index contributed by atoms with van der Waals surface area (Å²) < 4.78 is 0. The Balaban J connectivity index is 1.97. The van der Waals surface area contributed by atoms with Crippen LogP contribution >= 0.6 is 0 Å². The van der Waals surface area contributed by atoms with Crippen molar-refractivity contribution in [3.8, 4) is 0 Å². The van der Waals surface area contributed by atoms with E-state index in [4.69, 9.17) is 5.73 Å². The Bertz CT molecular complexity index is 962. The molecule has 27 heavy (non-hydrogen) atoms. The van der Waals surface area contributed by atoms with Gasteiger partial charge in [0.2, 0.25) is 0 Å². The molecule has 0 fully saturated rings. The maximum atomic E-state index is 12.1. The molecule has 0 saturated heterocycles. The zero-order valence-corrected chi connectivity index (χ0v) is 15.0. The average molecular weight is 365 g/mol. The predicted molar refractivity (Wildman–Crippen MR) is 104 cm³/mol. The maximum absolute atomic E-state index is 12.1. The van der Waals surface area contributed by atoms with E-state index in [0.717, 1.165) is 17.5 Å². The van der Waals surface area contributed by atoms with Gasteiger partial charge in [-0.2, -0.15) is 5.10 Å². The molecule has 0 unspecified atom stereocenters. The molecule has 8 nitrogen and oxygen atoms in total. The number of benzene rings is 2. The highest BCUT2D eigenvalue weighted by Gasteiger charge is 2.30. The lowest BCUT2D eigenvalue weighted by molar-refractivity contribution is -0.384. The largest absolute Gasteiger partial charge is 0.364 e. The molecule has 0 aromatic heterocycles. The van der Waals surface area contributed by atoms with Crippen LogP contribution in [0.4, 0.5) is 11.4 Å². The molecule has 0 saturated carbocycles. The van der Waals surface area contributed by atoms with Gasteiger partial charge in [0.05, 0.1) is 21.9 Å².